The van der Waals surface area contributed by atoms with E-state index in [1.807, 2.05) is 4.90 Å². The van der Waals surface area contributed by atoms with Gasteiger partial charge in [-0.2, -0.15) is 13.8 Å². The Morgan fingerprint density at radius 2 is 2.12 bits per heavy atom. The summed E-state index contributed by atoms with van der Waals surface area (Å²) in [5.74, 6) is -3.29. The molecule has 1 aromatic heterocycles. The first-order valence-electron chi connectivity index (χ1n) is 8.93. The van der Waals surface area contributed by atoms with Crippen LogP contribution in [0.25, 0.3) is 0 Å². The van der Waals surface area contributed by atoms with Crippen LogP contribution in [0.2, 0.25) is 0 Å². The fourth-order valence-electron chi connectivity index (χ4n) is 4.05. The molecular weight excluding hydrogens is 349 g/mol. The van der Waals surface area contributed by atoms with E-state index in [0.29, 0.717) is 30.9 Å². The zero-order chi connectivity index (χ0) is 18.6. The number of halogens is 3. The summed E-state index contributed by atoms with van der Waals surface area (Å²) >= 11 is 0. The third kappa shape index (κ3) is 2.77. The summed E-state index contributed by atoms with van der Waals surface area (Å²) in [6, 6.07) is -0.436. The van der Waals surface area contributed by atoms with Gasteiger partial charge in [-0.3, -0.25) is 4.79 Å². The van der Waals surface area contributed by atoms with E-state index in [2.05, 4.69) is 9.97 Å². The molecule has 0 spiro atoms. The second-order valence-corrected chi connectivity index (χ2v) is 7.49. The summed E-state index contributed by atoms with van der Waals surface area (Å²) in [6.07, 6.45) is -0.383. The SMILES string of the molecule is CC1C(F)CN1c1nc(N2CCC(CC(=O)O)C2)c2c(n1)C(F)(F)CC2. The van der Waals surface area contributed by atoms with Crippen LogP contribution >= 0.6 is 0 Å². The highest BCUT2D eigenvalue weighted by Crippen LogP contribution is 2.45. The number of hydrogen-bond acceptors (Lipinski definition) is 5. The standard InChI is InChI=1S/C17H21F3N4O2/c1-9-12(18)8-24(9)16-21-14-11(2-4-17(14,19)20)15(22-16)23-5-3-10(7-23)6-13(25)26/h9-10,12H,2-8H2,1H3,(H,25,26). The number of aliphatic carboxylic acids is 1. The summed E-state index contributed by atoms with van der Waals surface area (Å²) in [6.45, 7) is 2.84. The number of alkyl halides is 3. The molecule has 1 aliphatic carbocycles. The normalized spacial score (nSPS) is 29.6. The van der Waals surface area contributed by atoms with Gasteiger partial charge >= 0.3 is 5.97 Å². The van der Waals surface area contributed by atoms with E-state index in [1.165, 1.54) is 0 Å². The number of carbonyl (C=O) groups is 1. The van der Waals surface area contributed by atoms with Crippen LogP contribution < -0.4 is 9.80 Å². The summed E-state index contributed by atoms with van der Waals surface area (Å²) in [5.41, 5.74) is 0.188. The molecule has 1 aromatic rings. The Morgan fingerprint density at radius 3 is 2.77 bits per heavy atom. The van der Waals surface area contributed by atoms with Gasteiger partial charge in [-0.05, 0) is 25.7 Å². The van der Waals surface area contributed by atoms with Crippen molar-refractivity contribution in [2.75, 3.05) is 29.4 Å². The lowest BCUT2D eigenvalue weighted by molar-refractivity contribution is -0.137. The van der Waals surface area contributed by atoms with Crippen molar-refractivity contribution in [2.24, 2.45) is 5.92 Å². The van der Waals surface area contributed by atoms with Crippen LogP contribution in [0.15, 0.2) is 0 Å². The number of carboxylic acid groups (broad SMARTS) is 1. The van der Waals surface area contributed by atoms with Gasteiger partial charge in [0.05, 0.1) is 12.6 Å². The Hall–Kier alpha value is -2.06. The largest absolute Gasteiger partial charge is 0.481 e. The van der Waals surface area contributed by atoms with Crippen molar-refractivity contribution >= 4 is 17.7 Å². The number of carboxylic acids is 1. The van der Waals surface area contributed by atoms with E-state index in [9.17, 15) is 18.0 Å². The van der Waals surface area contributed by atoms with Crippen LogP contribution in [0.1, 0.15) is 37.4 Å². The van der Waals surface area contributed by atoms with Gasteiger partial charge < -0.3 is 14.9 Å². The molecule has 0 radical (unpaired) electrons. The van der Waals surface area contributed by atoms with E-state index in [-0.39, 0.29) is 43.4 Å². The van der Waals surface area contributed by atoms with Gasteiger partial charge in [-0.15, -0.1) is 0 Å². The van der Waals surface area contributed by atoms with Gasteiger partial charge in [0, 0.05) is 31.5 Å². The van der Waals surface area contributed by atoms with Crippen LogP contribution in [-0.2, 0) is 17.1 Å². The predicted molar refractivity (Wildman–Crippen MR) is 88.5 cm³/mol. The van der Waals surface area contributed by atoms with Gasteiger partial charge in [0.2, 0.25) is 5.95 Å². The molecule has 2 saturated heterocycles. The van der Waals surface area contributed by atoms with Crippen molar-refractivity contribution in [3.05, 3.63) is 11.3 Å². The molecule has 0 amide bonds. The molecule has 26 heavy (non-hydrogen) atoms. The number of hydrogen-bond donors (Lipinski definition) is 1. The molecule has 3 atom stereocenters. The van der Waals surface area contributed by atoms with Crippen molar-refractivity contribution in [3.8, 4) is 0 Å². The quantitative estimate of drug-likeness (QED) is 0.878. The molecule has 6 nitrogen and oxygen atoms in total. The molecular formula is C17H21F3N4O2. The highest BCUT2D eigenvalue weighted by atomic mass is 19.3. The summed E-state index contributed by atoms with van der Waals surface area (Å²) < 4.78 is 42.2. The van der Waals surface area contributed by atoms with Gasteiger partial charge in [0.15, 0.2) is 0 Å². The maximum absolute atomic E-state index is 14.3. The third-order valence-corrected chi connectivity index (χ3v) is 5.70. The van der Waals surface area contributed by atoms with Crippen molar-refractivity contribution in [1.82, 2.24) is 9.97 Å². The molecule has 2 fully saturated rings. The minimum atomic E-state index is -3.01. The Balaban J connectivity index is 1.68. The summed E-state index contributed by atoms with van der Waals surface area (Å²) in [4.78, 5) is 23.0. The van der Waals surface area contributed by atoms with E-state index >= 15 is 0 Å². The number of rotatable bonds is 4. The molecule has 0 aromatic carbocycles. The lowest BCUT2D eigenvalue weighted by Gasteiger charge is -2.42. The van der Waals surface area contributed by atoms with Crippen LogP contribution in [0.5, 0.6) is 0 Å². The molecule has 1 N–H and O–H groups in total. The highest BCUT2D eigenvalue weighted by Gasteiger charge is 2.46. The molecule has 0 saturated carbocycles. The second-order valence-electron chi connectivity index (χ2n) is 7.49. The molecule has 4 rings (SSSR count). The van der Waals surface area contributed by atoms with Crippen molar-refractivity contribution in [3.63, 3.8) is 0 Å². The molecule has 142 valence electrons. The minimum Gasteiger partial charge on any atom is -0.481 e. The van der Waals surface area contributed by atoms with Gasteiger partial charge in [0.1, 0.15) is 17.7 Å². The highest BCUT2D eigenvalue weighted by molar-refractivity contribution is 5.67. The predicted octanol–water partition coefficient (Wildman–Crippen LogP) is 2.36. The average Bonchev–Trinajstić information content (AvgIpc) is 3.15. The smallest absolute Gasteiger partial charge is 0.303 e. The van der Waals surface area contributed by atoms with Crippen molar-refractivity contribution < 1.29 is 23.1 Å². The summed E-state index contributed by atoms with van der Waals surface area (Å²) in [7, 11) is 0. The zero-order valence-electron chi connectivity index (χ0n) is 14.5. The second kappa shape index (κ2) is 5.99. The minimum absolute atomic E-state index is 0.0263. The van der Waals surface area contributed by atoms with Gasteiger partial charge in [-0.25, -0.2) is 9.37 Å². The van der Waals surface area contributed by atoms with Crippen LogP contribution in [0.3, 0.4) is 0 Å². The lowest BCUT2D eigenvalue weighted by Crippen LogP contribution is -2.57. The van der Waals surface area contributed by atoms with E-state index in [4.69, 9.17) is 5.11 Å². The first-order valence-corrected chi connectivity index (χ1v) is 8.93. The van der Waals surface area contributed by atoms with E-state index in [1.54, 1.807) is 11.8 Å². The topological polar surface area (TPSA) is 69.6 Å². The lowest BCUT2D eigenvalue weighted by atomic mass is 10.0. The number of nitrogens with zero attached hydrogens (tertiary/aromatic N) is 4. The van der Waals surface area contributed by atoms with Gasteiger partial charge in [0.25, 0.3) is 5.92 Å². The monoisotopic (exact) mass is 370 g/mol. The zero-order valence-corrected chi connectivity index (χ0v) is 14.5. The van der Waals surface area contributed by atoms with Crippen molar-refractivity contribution in [1.29, 1.82) is 0 Å². The maximum atomic E-state index is 14.3. The van der Waals surface area contributed by atoms with Crippen LogP contribution in [0.4, 0.5) is 24.9 Å². The Morgan fingerprint density at radius 1 is 1.35 bits per heavy atom. The molecule has 3 aliphatic rings. The maximum Gasteiger partial charge on any atom is 0.303 e. The van der Waals surface area contributed by atoms with Crippen LogP contribution in [-0.4, -0.2) is 52.9 Å². The Bertz CT molecular complexity index is 745. The fraction of sp³-hybridized carbons (Fsp3) is 0.706. The van der Waals surface area contributed by atoms with Crippen LogP contribution in [0, 0.1) is 5.92 Å². The molecule has 3 heterocycles. The third-order valence-electron chi connectivity index (χ3n) is 5.70. The Labute approximate surface area is 149 Å². The van der Waals surface area contributed by atoms with E-state index < -0.39 is 24.1 Å². The first-order chi connectivity index (χ1) is 12.3. The van der Waals surface area contributed by atoms with Gasteiger partial charge in [-0.1, -0.05) is 0 Å². The number of aromatic nitrogens is 2. The fourth-order valence-corrected chi connectivity index (χ4v) is 4.05. The molecule has 0 bridgehead atoms. The van der Waals surface area contributed by atoms with E-state index in [0.717, 1.165) is 0 Å². The molecule has 9 heteroatoms. The Kier molecular flexibility index (Phi) is 4.00. The first kappa shape index (κ1) is 17.4. The molecule has 2 aliphatic heterocycles. The van der Waals surface area contributed by atoms with Crippen molar-refractivity contribution in [2.45, 2.75) is 50.7 Å². The molecule has 3 unspecified atom stereocenters. The average molecular weight is 370 g/mol. The number of anilines is 2. The summed E-state index contributed by atoms with van der Waals surface area (Å²) in [5, 5.41) is 8.98. The number of fused-ring (bicyclic) bond motifs is 1.